The van der Waals surface area contributed by atoms with E-state index in [0.717, 1.165) is 17.7 Å². The van der Waals surface area contributed by atoms with Crippen molar-refractivity contribution in [1.82, 2.24) is 9.62 Å². The number of fused-ring (bicyclic) bond motifs is 1. The summed E-state index contributed by atoms with van der Waals surface area (Å²) >= 11 is 0. The van der Waals surface area contributed by atoms with Crippen molar-refractivity contribution in [2.75, 3.05) is 19.9 Å². The van der Waals surface area contributed by atoms with Crippen molar-refractivity contribution in [3.05, 3.63) is 59.9 Å². The molecular weight excluding hydrogens is 411 g/mol. The summed E-state index contributed by atoms with van der Waals surface area (Å²) in [5.41, 5.74) is 0.828. The number of amides is 1. The normalized spacial score (nSPS) is 16.9. The maximum Gasteiger partial charge on any atom is 0.246 e. The van der Waals surface area contributed by atoms with Gasteiger partial charge in [0.15, 0.2) is 11.5 Å². The van der Waals surface area contributed by atoms with Gasteiger partial charge in [0.2, 0.25) is 22.7 Å². The molecule has 2 aromatic rings. The lowest BCUT2D eigenvalue weighted by atomic mass is 10.1. The first-order valence-electron chi connectivity index (χ1n) is 9.55. The molecule has 4 rings (SSSR count). The molecule has 2 aliphatic heterocycles. The topological polar surface area (TPSA) is 84.9 Å². The molecule has 2 aromatic carbocycles. The van der Waals surface area contributed by atoms with Gasteiger partial charge in [0.25, 0.3) is 0 Å². The van der Waals surface area contributed by atoms with Crippen molar-refractivity contribution < 1.29 is 27.1 Å². The Balaban J connectivity index is 1.30. The van der Waals surface area contributed by atoms with E-state index in [2.05, 4.69) is 4.72 Å². The number of halogens is 1. The molecule has 0 saturated carbocycles. The molecule has 1 N–H and O–H groups in total. The molecule has 0 aliphatic carbocycles. The van der Waals surface area contributed by atoms with E-state index in [1.807, 2.05) is 12.1 Å². The molecule has 7 nitrogen and oxygen atoms in total. The van der Waals surface area contributed by atoms with Crippen molar-refractivity contribution >= 4 is 22.0 Å². The van der Waals surface area contributed by atoms with E-state index in [4.69, 9.17) is 9.47 Å². The smallest absolute Gasteiger partial charge is 0.246 e. The zero-order chi connectivity index (χ0) is 21.1. The maximum atomic E-state index is 13.0. The number of hydrogen-bond acceptors (Lipinski definition) is 5. The molecule has 0 radical (unpaired) electrons. The van der Waals surface area contributed by atoms with Gasteiger partial charge in [-0.3, -0.25) is 4.79 Å². The van der Waals surface area contributed by atoms with Gasteiger partial charge in [-0.25, -0.2) is 17.5 Å². The summed E-state index contributed by atoms with van der Waals surface area (Å²) in [6, 6.07) is 9.86. The van der Waals surface area contributed by atoms with E-state index in [-0.39, 0.29) is 23.6 Å². The first kappa shape index (κ1) is 20.4. The fourth-order valence-corrected chi connectivity index (χ4v) is 4.71. The van der Waals surface area contributed by atoms with Crippen LogP contribution in [0.3, 0.4) is 0 Å². The highest BCUT2D eigenvalue weighted by Crippen LogP contribution is 2.32. The minimum Gasteiger partial charge on any atom is -0.454 e. The van der Waals surface area contributed by atoms with E-state index in [9.17, 15) is 17.6 Å². The molecule has 0 atom stereocenters. The lowest BCUT2D eigenvalue weighted by Gasteiger charge is -2.31. The summed E-state index contributed by atoms with van der Waals surface area (Å²) in [5.74, 6) is 0.713. The monoisotopic (exact) mass is 432 g/mol. The zero-order valence-electron chi connectivity index (χ0n) is 16.1. The van der Waals surface area contributed by atoms with Crippen LogP contribution in [0.5, 0.6) is 11.5 Å². The van der Waals surface area contributed by atoms with Crippen molar-refractivity contribution in [3.8, 4) is 11.5 Å². The first-order valence-corrected chi connectivity index (χ1v) is 11.0. The number of ether oxygens (including phenoxy) is 2. The minimum atomic E-state index is -3.72. The molecule has 9 heteroatoms. The van der Waals surface area contributed by atoms with Crippen molar-refractivity contribution in [1.29, 1.82) is 0 Å². The van der Waals surface area contributed by atoms with Crippen molar-refractivity contribution in [2.24, 2.45) is 0 Å². The van der Waals surface area contributed by atoms with Gasteiger partial charge in [-0.15, -0.1) is 0 Å². The third-order valence-electron chi connectivity index (χ3n) is 5.07. The minimum absolute atomic E-state index is 0.0223. The lowest BCUT2D eigenvalue weighted by Crippen LogP contribution is -2.46. The van der Waals surface area contributed by atoms with Gasteiger partial charge in [0.1, 0.15) is 5.82 Å². The number of carbonyl (C=O) groups excluding carboxylic acids is 1. The fraction of sp³-hybridized carbons (Fsp3) is 0.286. The molecule has 0 bridgehead atoms. The Morgan fingerprint density at radius 3 is 2.50 bits per heavy atom. The highest BCUT2D eigenvalue weighted by Gasteiger charge is 2.26. The first-order chi connectivity index (χ1) is 14.4. The van der Waals surface area contributed by atoms with E-state index >= 15 is 0 Å². The molecular formula is C21H21FN2O5S. The van der Waals surface area contributed by atoms with Gasteiger partial charge in [0, 0.05) is 25.2 Å². The van der Waals surface area contributed by atoms with Crippen LogP contribution in [0.15, 0.2) is 53.4 Å². The Labute approximate surface area is 174 Å². The Morgan fingerprint density at radius 1 is 1.07 bits per heavy atom. The van der Waals surface area contributed by atoms with Crippen LogP contribution in [-0.4, -0.2) is 45.1 Å². The summed E-state index contributed by atoms with van der Waals surface area (Å²) < 4.78 is 51.1. The quantitative estimate of drug-likeness (QED) is 0.734. The van der Waals surface area contributed by atoms with E-state index < -0.39 is 15.8 Å². The molecule has 1 amide bonds. The molecule has 30 heavy (non-hydrogen) atoms. The number of sulfonamides is 1. The summed E-state index contributed by atoms with van der Waals surface area (Å²) in [5, 5.41) is 0. The van der Waals surface area contributed by atoms with Crippen LogP contribution < -0.4 is 14.2 Å². The molecule has 2 heterocycles. The third kappa shape index (κ3) is 4.63. The largest absolute Gasteiger partial charge is 0.454 e. The van der Waals surface area contributed by atoms with Gasteiger partial charge in [-0.1, -0.05) is 6.07 Å². The highest BCUT2D eigenvalue weighted by atomic mass is 32.2. The number of nitrogens with zero attached hydrogens (tertiary/aromatic N) is 1. The fourth-order valence-electron chi connectivity index (χ4n) is 3.41. The number of likely N-dealkylation sites (tertiary alicyclic amines) is 1. The van der Waals surface area contributed by atoms with Gasteiger partial charge < -0.3 is 14.4 Å². The summed E-state index contributed by atoms with van der Waals surface area (Å²) in [6.45, 7) is 1.09. The summed E-state index contributed by atoms with van der Waals surface area (Å²) in [6.07, 6.45) is 4.22. The van der Waals surface area contributed by atoms with Crippen LogP contribution in [0.2, 0.25) is 0 Å². The molecule has 0 spiro atoms. The van der Waals surface area contributed by atoms with Crippen molar-refractivity contribution in [3.63, 3.8) is 0 Å². The number of rotatable bonds is 5. The van der Waals surface area contributed by atoms with Gasteiger partial charge in [-0.05, 0) is 60.9 Å². The maximum absolute atomic E-state index is 13.0. The van der Waals surface area contributed by atoms with Crippen LogP contribution in [0, 0.1) is 5.82 Å². The SMILES string of the molecule is O=C(/C=C/c1ccc2c(c1)OCO2)N1CCC(NS(=O)(=O)c2ccc(F)cc2)CC1. The Bertz CT molecular complexity index is 1060. The van der Waals surface area contributed by atoms with Crippen LogP contribution >= 0.6 is 0 Å². The van der Waals surface area contributed by atoms with Crippen LogP contribution in [0.25, 0.3) is 6.08 Å². The third-order valence-corrected chi connectivity index (χ3v) is 6.60. The zero-order valence-corrected chi connectivity index (χ0v) is 16.9. The average Bonchev–Trinajstić information content (AvgIpc) is 3.20. The van der Waals surface area contributed by atoms with Crippen molar-refractivity contribution in [2.45, 2.75) is 23.8 Å². The number of carbonyl (C=O) groups is 1. The Kier molecular flexibility index (Phi) is 5.74. The second-order valence-corrected chi connectivity index (χ2v) is 8.83. The number of nitrogens with one attached hydrogen (secondary N) is 1. The average molecular weight is 432 g/mol. The van der Waals surface area contributed by atoms with Gasteiger partial charge in [0.05, 0.1) is 4.90 Å². The second kappa shape index (κ2) is 8.45. The number of piperidine rings is 1. The van der Waals surface area contributed by atoms with E-state index in [1.54, 1.807) is 17.0 Å². The lowest BCUT2D eigenvalue weighted by molar-refractivity contribution is -0.126. The predicted octanol–water partition coefficient (Wildman–Crippen LogP) is 2.54. The number of benzene rings is 2. The van der Waals surface area contributed by atoms with Gasteiger partial charge >= 0.3 is 0 Å². The Morgan fingerprint density at radius 2 is 1.77 bits per heavy atom. The van der Waals surface area contributed by atoms with E-state index in [0.29, 0.717) is 37.4 Å². The summed E-state index contributed by atoms with van der Waals surface area (Å²) in [4.78, 5) is 14.2. The Hall–Kier alpha value is -2.91. The van der Waals surface area contributed by atoms with Crippen LogP contribution in [0.4, 0.5) is 4.39 Å². The number of hydrogen-bond donors (Lipinski definition) is 1. The second-order valence-electron chi connectivity index (χ2n) is 7.12. The van der Waals surface area contributed by atoms with Gasteiger partial charge in [-0.2, -0.15) is 0 Å². The highest BCUT2D eigenvalue weighted by molar-refractivity contribution is 7.89. The molecule has 2 aliphatic rings. The molecule has 0 unspecified atom stereocenters. The molecule has 1 saturated heterocycles. The van der Waals surface area contributed by atoms with Crippen LogP contribution in [0.1, 0.15) is 18.4 Å². The van der Waals surface area contributed by atoms with E-state index in [1.165, 1.54) is 18.2 Å². The van der Waals surface area contributed by atoms with Crippen LogP contribution in [-0.2, 0) is 14.8 Å². The summed E-state index contributed by atoms with van der Waals surface area (Å²) in [7, 11) is -3.72. The molecule has 0 aromatic heterocycles. The standard InChI is InChI=1S/C21H21FN2O5S/c22-16-3-5-18(6-4-16)30(26,27)23-17-9-11-24(12-10-17)21(25)8-2-15-1-7-19-20(13-15)29-14-28-19/h1-8,13,17,23H,9-12,14H2/b8-2+. The predicted molar refractivity (Wildman–Crippen MR) is 108 cm³/mol. The molecule has 158 valence electrons. The molecule has 1 fully saturated rings.